The third-order valence-electron chi connectivity index (χ3n) is 0.236. The summed E-state index contributed by atoms with van der Waals surface area (Å²) in [4.78, 5) is 0. The summed E-state index contributed by atoms with van der Waals surface area (Å²) in [5.41, 5.74) is 0. The van der Waals surface area contributed by atoms with Gasteiger partial charge in [-0.1, -0.05) is 0 Å². The Bertz CT molecular complexity index is 256. The molecule has 0 saturated heterocycles. The van der Waals surface area contributed by atoms with Gasteiger partial charge in [0, 0.05) is 0 Å². The zero-order chi connectivity index (χ0) is 10.4. The first-order valence-electron chi connectivity index (χ1n) is 1.80. The molecule has 0 rings (SSSR count). The third-order valence-corrected chi connectivity index (χ3v) is 0.707. The van der Waals surface area contributed by atoms with Crippen LogP contribution in [0.25, 0.3) is 0 Å². The molecule has 0 saturated carbocycles. The minimum atomic E-state index is -4.63. The van der Waals surface area contributed by atoms with Gasteiger partial charge >= 0.3 is 17.1 Å². The smallest absolute Gasteiger partial charge is 0.724 e. The van der Waals surface area contributed by atoms with Crippen LogP contribution in [0.1, 0.15) is 0 Å². The largest absolute Gasteiger partial charge is 2.00 e. The average Bonchev–Trinajstić information content (AvgIpc) is 1.86. The van der Waals surface area contributed by atoms with Gasteiger partial charge in [0.15, 0.2) is 0 Å². The molecule has 0 bridgehead atoms. The second-order valence-corrected chi connectivity index (χ2v) is 3.03. The van der Waals surface area contributed by atoms with Crippen LogP contribution in [0.15, 0.2) is 0 Å². The van der Waals surface area contributed by atoms with Crippen molar-refractivity contribution >= 4 is 20.8 Å². The Morgan fingerprint density at radius 2 is 0.923 bits per heavy atom. The fraction of sp³-hybridized carbons (Fsp3) is 0. The summed E-state index contributed by atoms with van der Waals surface area (Å²) in [6.07, 6.45) is 0. The first-order chi connectivity index (χ1) is 5.12. The van der Waals surface area contributed by atoms with Crippen LogP contribution < -0.4 is 11.8 Å². The molecule has 13 heteroatoms. The Labute approximate surface area is 84.5 Å². The maximum Gasteiger partial charge on any atom is 2.00 e. The topological polar surface area (TPSA) is 185 Å². The van der Waals surface area contributed by atoms with Gasteiger partial charge in [0.25, 0.3) is 0 Å². The first-order valence-corrected chi connectivity index (χ1v) is 4.47. The Kier molecular flexibility index (Phi) is 11.0. The van der Waals surface area contributed by atoms with E-state index in [1.807, 2.05) is 0 Å². The molecule has 10 nitrogen and oxygen atoms in total. The molecule has 85 valence electrons. The Hall–Kier alpha value is 0.179. The van der Waals surface area contributed by atoms with Gasteiger partial charge in [0.05, 0.1) is 0 Å². The summed E-state index contributed by atoms with van der Waals surface area (Å²) in [6, 6.07) is 0. The summed E-state index contributed by atoms with van der Waals surface area (Å²) in [6.45, 7) is 0. The minimum Gasteiger partial charge on any atom is -0.724 e. The van der Waals surface area contributed by atoms with Crippen molar-refractivity contribution in [3.63, 3.8) is 0 Å². The molecular weight excluding hydrogens is 284 g/mol. The molecule has 0 unspecified atom stereocenters. The van der Waals surface area contributed by atoms with Crippen LogP contribution in [0, 0.1) is 0 Å². The molecule has 0 atom stereocenters. The molecule has 4 N–H and O–H groups in total. The summed E-state index contributed by atoms with van der Waals surface area (Å²) >= 11 is 0. The van der Waals surface area contributed by atoms with Crippen LogP contribution in [0.3, 0.4) is 0 Å². The molecular formula is H4CuN2O8S2. The molecule has 0 aliphatic rings. The molecule has 0 aromatic carbocycles. The van der Waals surface area contributed by atoms with Gasteiger partial charge in [-0.2, -0.15) is 20.4 Å². The van der Waals surface area contributed by atoms with Gasteiger partial charge in [-0.15, -0.1) is 0 Å². The Morgan fingerprint density at radius 3 is 0.923 bits per heavy atom. The zero-order valence-corrected chi connectivity index (χ0v) is 8.11. The van der Waals surface area contributed by atoms with Crippen LogP contribution in [0.2, 0.25) is 0 Å². The van der Waals surface area contributed by atoms with Crippen molar-refractivity contribution in [2.75, 3.05) is 0 Å². The summed E-state index contributed by atoms with van der Waals surface area (Å²) in [5.74, 6) is 7.81. The predicted octanol–water partition coefficient (Wildman–Crippen LogP) is -3.33. The second kappa shape index (κ2) is 7.57. The van der Waals surface area contributed by atoms with Crippen molar-refractivity contribution in [3.05, 3.63) is 0 Å². The number of hydrogen-bond donors (Lipinski definition) is 2. The monoisotopic (exact) mass is 287 g/mol. The van der Waals surface area contributed by atoms with E-state index in [-0.39, 0.29) is 17.1 Å². The van der Waals surface area contributed by atoms with Gasteiger partial charge in [0.2, 0.25) is 20.8 Å². The van der Waals surface area contributed by atoms with Crippen LogP contribution in [0.4, 0.5) is 0 Å². The van der Waals surface area contributed by atoms with Crippen molar-refractivity contribution < 1.29 is 51.6 Å². The molecule has 0 aliphatic carbocycles. The molecule has 13 heavy (non-hydrogen) atoms. The molecule has 0 heterocycles. The maximum absolute atomic E-state index is 9.10. The standard InChI is InChI=1S/Cu.2H3NO4S/c;2*1-5-6(2,3)4/h;2*1H2,(H,2,3,4)/q+2;;/p-2. The van der Waals surface area contributed by atoms with E-state index in [1.54, 1.807) is 0 Å². The SMILES string of the molecule is NOS(=O)(=O)[O-].NOS(=O)(=O)[O-].[Cu+2]. The number of rotatable bonds is 2. The zero-order valence-electron chi connectivity index (χ0n) is 5.54. The summed E-state index contributed by atoms with van der Waals surface area (Å²) < 4.78 is 60.3. The van der Waals surface area contributed by atoms with E-state index in [2.05, 4.69) is 20.4 Å². The molecule has 0 amide bonds. The van der Waals surface area contributed by atoms with Crippen LogP contribution in [0.5, 0.6) is 0 Å². The van der Waals surface area contributed by atoms with E-state index in [0.717, 1.165) is 0 Å². The molecule has 1 radical (unpaired) electrons. The maximum atomic E-state index is 9.10. The molecule has 0 aromatic rings. The quantitative estimate of drug-likeness (QED) is 0.225. The number of hydrogen-bond acceptors (Lipinski definition) is 10. The third kappa shape index (κ3) is 33.1. The van der Waals surface area contributed by atoms with E-state index in [4.69, 9.17) is 25.9 Å². The van der Waals surface area contributed by atoms with Crippen LogP contribution >= 0.6 is 0 Å². The fourth-order valence-electron chi connectivity index (χ4n) is 0. The van der Waals surface area contributed by atoms with Gasteiger partial charge in [-0.25, -0.2) is 16.8 Å². The van der Waals surface area contributed by atoms with Crippen molar-refractivity contribution in [2.45, 2.75) is 0 Å². The average molecular weight is 288 g/mol. The predicted molar refractivity (Wildman–Crippen MR) is 29.9 cm³/mol. The van der Waals surface area contributed by atoms with E-state index < -0.39 is 20.8 Å². The normalized spacial score (nSPS) is 10.8. The van der Waals surface area contributed by atoms with Crippen LogP contribution in [-0.2, 0) is 46.4 Å². The molecule has 0 aliphatic heterocycles. The van der Waals surface area contributed by atoms with E-state index in [0.29, 0.717) is 0 Å². The van der Waals surface area contributed by atoms with Gasteiger partial charge in [-0.3, -0.25) is 0 Å². The van der Waals surface area contributed by atoms with E-state index >= 15 is 0 Å². The van der Waals surface area contributed by atoms with Crippen molar-refractivity contribution in [3.8, 4) is 0 Å². The second-order valence-electron chi connectivity index (χ2n) is 1.01. The fourth-order valence-corrected chi connectivity index (χ4v) is 0. The summed E-state index contributed by atoms with van der Waals surface area (Å²) in [5, 5.41) is 0. The van der Waals surface area contributed by atoms with Gasteiger partial charge in [0.1, 0.15) is 0 Å². The molecule has 0 spiro atoms. The molecule has 0 aromatic heterocycles. The number of nitrogens with two attached hydrogens (primary N) is 2. The van der Waals surface area contributed by atoms with Crippen molar-refractivity contribution in [2.24, 2.45) is 11.8 Å². The van der Waals surface area contributed by atoms with Gasteiger partial charge in [-0.05, 0) is 0 Å². The Balaban J connectivity index is -0.000000143. The van der Waals surface area contributed by atoms with Gasteiger partial charge < -0.3 is 9.11 Å². The van der Waals surface area contributed by atoms with Crippen LogP contribution in [-0.4, -0.2) is 25.9 Å². The minimum absolute atomic E-state index is 0. The van der Waals surface area contributed by atoms with E-state index in [1.165, 1.54) is 0 Å². The van der Waals surface area contributed by atoms with E-state index in [9.17, 15) is 0 Å². The summed E-state index contributed by atoms with van der Waals surface area (Å²) in [7, 11) is -9.27. The first kappa shape index (κ1) is 18.9. The van der Waals surface area contributed by atoms with Crippen molar-refractivity contribution in [1.29, 1.82) is 0 Å². The Morgan fingerprint density at radius 1 is 0.846 bits per heavy atom. The van der Waals surface area contributed by atoms with Crippen molar-refractivity contribution in [1.82, 2.24) is 0 Å². The molecule has 0 fully saturated rings.